The lowest BCUT2D eigenvalue weighted by Gasteiger charge is -2.18. The molecule has 3 rings (SSSR count). The van der Waals surface area contributed by atoms with Gasteiger partial charge in [-0.1, -0.05) is 62.9 Å². The minimum Gasteiger partial charge on any atom is -0.478 e. The van der Waals surface area contributed by atoms with Crippen LogP contribution in [0.3, 0.4) is 0 Å². The number of carbonyl (C=O) groups is 3. The van der Waals surface area contributed by atoms with Gasteiger partial charge in [-0.05, 0) is 48.9 Å². The number of halogens is 1. The van der Waals surface area contributed by atoms with E-state index in [0.717, 1.165) is 17.5 Å². The Bertz CT molecular complexity index is 1370. The van der Waals surface area contributed by atoms with Gasteiger partial charge in [0.15, 0.2) is 5.12 Å². The first-order valence-electron chi connectivity index (χ1n) is 13.3. The van der Waals surface area contributed by atoms with Gasteiger partial charge >= 0.3 is 5.97 Å². The van der Waals surface area contributed by atoms with Crippen molar-refractivity contribution in [2.24, 2.45) is 5.92 Å². The summed E-state index contributed by atoms with van der Waals surface area (Å²) < 4.78 is 22.9. The van der Waals surface area contributed by atoms with E-state index in [4.69, 9.17) is 4.74 Å². The van der Waals surface area contributed by atoms with Crippen molar-refractivity contribution in [3.05, 3.63) is 70.8 Å². The van der Waals surface area contributed by atoms with Crippen molar-refractivity contribution in [2.75, 3.05) is 6.61 Å². The normalized spacial score (nSPS) is 11.9. The number of rotatable bonds is 13. The highest BCUT2D eigenvalue weighted by molar-refractivity contribution is 8.14. The largest absolute Gasteiger partial charge is 0.478 e. The van der Waals surface area contributed by atoms with Crippen molar-refractivity contribution in [2.45, 2.75) is 65.8 Å². The van der Waals surface area contributed by atoms with Crippen LogP contribution in [0.2, 0.25) is 0 Å². The van der Waals surface area contributed by atoms with Crippen LogP contribution in [-0.2, 0) is 29.1 Å². The monoisotopic (exact) mass is 569 g/mol. The van der Waals surface area contributed by atoms with Crippen LogP contribution in [0.1, 0.15) is 68.3 Å². The summed E-state index contributed by atoms with van der Waals surface area (Å²) >= 11 is 1.02. The predicted molar refractivity (Wildman–Crippen MR) is 154 cm³/mol. The van der Waals surface area contributed by atoms with Crippen molar-refractivity contribution in [3.8, 4) is 17.1 Å². The molecule has 2 aromatic carbocycles. The van der Waals surface area contributed by atoms with Gasteiger partial charge in [-0.25, -0.2) is 9.18 Å². The summed E-state index contributed by atoms with van der Waals surface area (Å²) in [7, 11) is 0. The maximum atomic E-state index is 15.4. The number of amides is 1. The molecule has 0 aliphatic heterocycles. The fourth-order valence-corrected chi connectivity index (χ4v) is 5.52. The number of ether oxygens (including phenoxy) is 1. The first kappa shape index (κ1) is 30.9. The lowest BCUT2D eigenvalue weighted by molar-refractivity contribution is -0.121. The third-order valence-corrected chi connectivity index (χ3v) is 7.32. The van der Waals surface area contributed by atoms with E-state index in [0.29, 0.717) is 47.8 Å². The highest BCUT2D eigenvalue weighted by Crippen LogP contribution is 2.28. The molecular formula is C30H36FN3O5S. The molecule has 0 aliphatic rings. The van der Waals surface area contributed by atoms with Crippen molar-refractivity contribution >= 4 is 28.8 Å². The molecule has 40 heavy (non-hydrogen) atoms. The standard InChI is InChI=1S/C30H36FN3O5S/c1-6-25-26(16-32-28(36)27(14-18(3)4)40-19(5)35)34(30(33-25)39-7-2)17-21-13-12-20(15-24(21)31)22-10-8-9-11-23(22)29(37)38/h8-13,15,18,27H,6-7,14,16-17H2,1-5H3,(H,32,36)(H,37,38). The van der Waals surface area contributed by atoms with Gasteiger partial charge in [-0.2, -0.15) is 4.98 Å². The Morgan fingerprint density at radius 1 is 1.15 bits per heavy atom. The van der Waals surface area contributed by atoms with Gasteiger partial charge in [-0.15, -0.1) is 0 Å². The average molecular weight is 570 g/mol. The van der Waals surface area contributed by atoms with Crippen molar-refractivity contribution < 1.29 is 28.6 Å². The lowest BCUT2D eigenvalue weighted by Crippen LogP contribution is -2.34. The molecule has 214 valence electrons. The van der Waals surface area contributed by atoms with Gasteiger partial charge in [-0.3, -0.25) is 14.2 Å². The molecule has 0 radical (unpaired) electrons. The summed E-state index contributed by atoms with van der Waals surface area (Å²) in [6.07, 6.45) is 1.13. The van der Waals surface area contributed by atoms with Gasteiger partial charge in [0.1, 0.15) is 5.82 Å². The number of hydrogen-bond donors (Lipinski definition) is 2. The van der Waals surface area contributed by atoms with Crippen LogP contribution in [0, 0.1) is 11.7 Å². The Morgan fingerprint density at radius 2 is 1.88 bits per heavy atom. The van der Waals surface area contributed by atoms with Gasteiger partial charge in [0.05, 0.1) is 41.9 Å². The first-order valence-corrected chi connectivity index (χ1v) is 14.2. The fourth-order valence-electron chi connectivity index (χ4n) is 4.45. The maximum absolute atomic E-state index is 15.4. The minimum atomic E-state index is -1.09. The second-order valence-electron chi connectivity index (χ2n) is 9.76. The summed E-state index contributed by atoms with van der Waals surface area (Å²) in [6.45, 7) is 9.81. The zero-order chi connectivity index (χ0) is 29.4. The second-order valence-corrected chi connectivity index (χ2v) is 11.1. The zero-order valence-electron chi connectivity index (χ0n) is 23.5. The summed E-state index contributed by atoms with van der Waals surface area (Å²) in [5.41, 5.74) is 2.73. The maximum Gasteiger partial charge on any atom is 0.336 e. The molecule has 0 spiro atoms. The lowest BCUT2D eigenvalue weighted by atomic mass is 9.98. The zero-order valence-corrected chi connectivity index (χ0v) is 24.3. The second kappa shape index (κ2) is 14.1. The highest BCUT2D eigenvalue weighted by Gasteiger charge is 2.25. The third kappa shape index (κ3) is 7.71. The van der Waals surface area contributed by atoms with E-state index in [9.17, 15) is 19.5 Å². The van der Waals surface area contributed by atoms with Crippen LogP contribution >= 0.6 is 11.8 Å². The molecule has 0 aliphatic carbocycles. The molecule has 2 N–H and O–H groups in total. The highest BCUT2D eigenvalue weighted by atomic mass is 32.2. The Morgan fingerprint density at radius 3 is 2.48 bits per heavy atom. The number of thioether (sulfide) groups is 1. The van der Waals surface area contributed by atoms with Crippen molar-refractivity contribution in [1.82, 2.24) is 14.9 Å². The number of carboxylic acids is 1. The van der Waals surface area contributed by atoms with Crippen LogP contribution in [0.4, 0.5) is 4.39 Å². The number of hydrogen-bond acceptors (Lipinski definition) is 6. The van der Waals surface area contributed by atoms with E-state index in [1.165, 1.54) is 19.1 Å². The molecule has 1 unspecified atom stereocenters. The number of nitrogens with one attached hydrogen (secondary N) is 1. The third-order valence-electron chi connectivity index (χ3n) is 6.29. The van der Waals surface area contributed by atoms with Crippen molar-refractivity contribution in [3.63, 3.8) is 0 Å². The number of carboxylic acid groups (broad SMARTS) is 1. The van der Waals surface area contributed by atoms with Crippen LogP contribution in [0.15, 0.2) is 42.5 Å². The molecule has 0 fully saturated rings. The molecule has 1 atom stereocenters. The van der Waals surface area contributed by atoms with E-state index >= 15 is 4.39 Å². The SMILES string of the molecule is CCOc1nc(CC)c(CNC(=O)C(CC(C)C)SC(C)=O)n1Cc1ccc(-c2ccccc2C(=O)O)cc1F. The number of aryl methyl sites for hydroxylation is 1. The molecule has 0 bridgehead atoms. The molecule has 0 saturated heterocycles. The van der Waals surface area contributed by atoms with Gasteiger partial charge in [0.2, 0.25) is 5.91 Å². The van der Waals surface area contributed by atoms with Crippen LogP contribution in [0.5, 0.6) is 6.01 Å². The average Bonchev–Trinajstić information content (AvgIpc) is 3.23. The van der Waals surface area contributed by atoms with Gasteiger partial charge in [0.25, 0.3) is 6.01 Å². The Kier molecular flexibility index (Phi) is 10.9. The quantitative estimate of drug-likeness (QED) is 0.271. The fraction of sp³-hybridized carbons (Fsp3) is 0.400. The van der Waals surface area contributed by atoms with Gasteiger partial charge in [0, 0.05) is 12.5 Å². The number of aromatic carboxylic acids is 1. The number of nitrogens with zero attached hydrogens (tertiary/aromatic N) is 2. The molecule has 1 heterocycles. The topological polar surface area (TPSA) is 111 Å². The Hall–Kier alpha value is -3.66. The molecular weight excluding hydrogens is 533 g/mol. The van der Waals surface area contributed by atoms with Crippen LogP contribution in [0.25, 0.3) is 11.1 Å². The Balaban J connectivity index is 1.93. The smallest absolute Gasteiger partial charge is 0.336 e. The molecule has 3 aromatic rings. The minimum absolute atomic E-state index is 0.0900. The number of benzene rings is 2. The molecule has 10 heteroatoms. The van der Waals surface area contributed by atoms with E-state index in [-0.39, 0.29) is 35.6 Å². The molecule has 1 aromatic heterocycles. The summed E-state index contributed by atoms with van der Waals surface area (Å²) in [5, 5.41) is 11.8. The Labute approximate surface area is 238 Å². The predicted octanol–water partition coefficient (Wildman–Crippen LogP) is 5.71. The van der Waals surface area contributed by atoms with Crippen molar-refractivity contribution in [1.29, 1.82) is 0 Å². The molecule has 8 nitrogen and oxygen atoms in total. The van der Waals surface area contributed by atoms with E-state index in [1.54, 1.807) is 34.9 Å². The summed E-state index contributed by atoms with van der Waals surface area (Å²) in [6, 6.07) is 11.4. The van der Waals surface area contributed by atoms with E-state index in [2.05, 4.69) is 10.3 Å². The van der Waals surface area contributed by atoms with E-state index < -0.39 is 17.0 Å². The van der Waals surface area contributed by atoms with Gasteiger partial charge < -0.3 is 15.2 Å². The van der Waals surface area contributed by atoms with E-state index in [1.807, 2.05) is 27.7 Å². The number of imidazole rings is 1. The van der Waals surface area contributed by atoms with Crippen LogP contribution in [-0.4, -0.2) is 43.5 Å². The molecule has 1 amide bonds. The summed E-state index contributed by atoms with van der Waals surface area (Å²) in [4.78, 5) is 41.0. The first-order chi connectivity index (χ1) is 19.0. The number of aromatic nitrogens is 2. The van der Waals surface area contributed by atoms with Crippen LogP contribution < -0.4 is 10.1 Å². The molecule has 0 saturated carbocycles. The number of carbonyl (C=O) groups excluding carboxylic acids is 2. The summed E-state index contributed by atoms with van der Waals surface area (Å²) in [5.74, 6) is -1.60.